The average Bonchev–Trinajstić information content (AvgIpc) is 2.40. The summed E-state index contributed by atoms with van der Waals surface area (Å²) in [6.45, 7) is 4.79. The SMILES string of the molecule is CC(C)C1CCCCC1Nc1ccc(CO)cc1. The molecule has 2 N–H and O–H groups in total. The Labute approximate surface area is 110 Å². The van der Waals surface area contributed by atoms with E-state index in [1.807, 2.05) is 12.1 Å². The molecule has 1 aromatic carbocycles. The third-order valence-electron chi connectivity index (χ3n) is 4.16. The Bertz CT molecular complexity index is 358. The quantitative estimate of drug-likeness (QED) is 0.848. The molecule has 2 rings (SSSR count). The monoisotopic (exact) mass is 247 g/mol. The summed E-state index contributed by atoms with van der Waals surface area (Å²) in [5, 5.41) is 12.7. The number of hydrogen-bond acceptors (Lipinski definition) is 2. The molecule has 1 fully saturated rings. The Morgan fingerprint density at radius 2 is 1.83 bits per heavy atom. The van der Waals surface area contributed by atoms with Crippen LogP contribution < -0.4 is 5.32 Å². The summed E-state index contributed by atoms with van der Waals surface area (Å²) in [6, 6.07) is 8.76. The molecule has 0 radical (unpaired) electrons. The Balaban J connectivity index is 2.01. The zero-order valence-corrected chi connectivity index (χ0v) is 11.5. The van der Waals surface area contributed by atoms with E-state index in [4.69, 9.17) is 5.11 Å². The van der Waals surface area contributed by atoms with Crippen molar-refractivity contribution in [3.8, 4) is 0 Å². The fourth-order valence-electron chi connectivity index (χ4n) is 3.06. The Kier molecular flexibility index (Phi) is 4.65. The maximum Gasteiger partial charge on any atom is 0.0681 e. The molecule has 0 saturated heterocycles. The normalized spacial score (nSPS) is 24.2. The van der Waals surface area contributed by atoms with Crippen LogP contribution in [0.4, 0.5) is 5.69 Å². The van der Waals surface area contributed by atoms with E-state index in [0.717, 1.165) is 17.4 Å². The predicted octanol–water partition coefficient (Wildman–Crippen LogP) is 3.81. The highest BCUT2D eigenvalue weighted by Crippen LogP contribution is 2.32. The molecule has 0 bridgehead atoms. The summed E-state index contributed by atoms with van der Waals surface area (Å²) in [6.07, 6.45) is 5.36. The lowest BCUT2D eigenvalue weighted by atomic mass is 9.78. The first-order chi connectivity index (χ1) is 8.70. The number of nitrogens with one attached hydrogen (secondary N) is 1. The summed E-state index contributed by atoms with van der Waals surface area (Å²) in [7, 11) is 0. The molecule has 1 saturated carbocycles. The van der Waals surface area contributed by atoms with Crippen LogP contribution in [0.2, 0.25) is 0 Å². The molecule has 2 heteroatoms. The lowest BCUT2D eigenvalue weighted by molar-refractivity contribution is 0.254. The van der Waals surface area contributed by atoms with Crippen molar-refractivity contribution in [1.29, 1.82) is 0 Å². The molecule has 0 aromatic heterocycles. The van der Waals surface area contributed by atoms with Crippen LogP contribution in [0.25, 0.3) is 0 Å². The zero-order chi connectivity index (χ0) is 13.0. The Morgan fingerprint density at radius 3 is 2.44 bits per heavy atom. The van der Waals surface area contributed by atoms with Gasteiger partial charge in [-0.25, -0.2) is 0 Å². The smallest absolute Gasteiger partial charge is 0.0681 e. The van der Waals surface area contributed by atoms with Gasteiger partial charge in [0.1, 0.15) is 0 Å². The van der Waals surface area contributed by atoms with Gasteiger partial charge in [-0.2, -0.15) is 0 Å². The first-order valence-electron chi connectivity index (χ1n) is 7.17. The first-order valence-corrected chi connectivity index (χ1v) is 7.17. The molecule has 1 aromatic rings. The highest BCUT2D eigenvalue weighted by Gasteiger charge is 2.27. The predicted molar refractivity (Wildman–Crippen MR) is 76.6 cm³/mol. The number of rotatable bonds is 4. The van der Waals surface area contributed by atoms with Crippen LogP contribution in [0.15, 0.2) is 24.3 Å². The maximum atomic E-state index is 9.04. The van der Waals surface area contributed by atoms with Crippen molar-refractivity contribution in [3.63, 3.8) is 0 Å². The molecule has 0 heterocycles. The standard InChI is InChI=1S/C16H25NO/c1-12(2)15-5-3-4-6-16(15)17-14-9-7-13(11-18)8-10-14/h7-10,12,15-18H,3-6,11H2,1-2H3. The van der Waals surface area contributed by atoms with Gasteiger partial charge in [-0.15, -0.1) is 0 Å². The van der Waals surface area contributed by atoms with Gasteiger partial charge in [-0.3, -0.25) is 0 Å². The van der Waals surface area contributed by atoms with Crippen molar-refractivity contribution >= 4 is 5.69 Å². The second-order valence-corrected chi connectivity index (χ2v) is 5.80. The molecule has 100 valence electrons. The van der Waals surface area contributed by atoms with Crippen LogP contribution >= 0.6 is 0 Å². The van der Waals surface area contributed by atoms with Gasteiger partial charge < -0.3 is 10.4 Å². The molecule has 1 aliphatic rings. The first kappa shape index (κ1) is 13.4. The number of hydrogen-bond donors (Lipinski definition) is 2. The number of aliphatic hydroxyl groups excluding tert-OH is 1. The topological polar surface area (TPSA) is 32.3 Å². The highest BCUT2D eigenvalue weighted by molar-refractivity contribution is 5.45. The van der Waals surface area contributed by atoms with Gasteiger partial charge in [0, 0.05) is 11.7 Å². The fourth-order valence-corrected chi connectivity index (χ4v) is 3.06. The Hall–Kier alpha value is -1.02. The van der Waals surface area contributed by atoms with Crippen LogP contribution in [0.3, 0.4) is 0 Å². The van der Waals surface area contributed by atoms with Gasteiger partial charge in [0.2, 0.25) is 0 Å². The third kappa shape index (κ3) is 3.26. The molecule has 0 aliphatic heterocycles. The minimum atomic E-state index is 0.123. The highest BCUT2D eigenvalue weighted by atomic mass is 16.3. The Morgan fingerprint density at radius 1 is 1.17 bits per heavy atom. The van der Waals surface area contributed by atoms with Gasteiger partial charge in [0.05, 0.1) is 6.61 Å². The summed E-state index contributed by atoms with van der Waals surface area (Å²) >= 11 is 0. The van der Waals surface area contributed by atoms with E-state index in [9.17, 15) is 0 Å². The van der Waals surface area contributed by atoms with Gasteiger partial charge in [-0.05, 0) is 42.4 Å². The van der Waals surface area contributed by atoms with Crippen molar-refractivity contribution in [2.45, 2.75) is 52.2 Å². The minimum absolute atomic E-state index is 0.123. The number of anilines is 1. The van der Waals surface area contributed by atoms with Crippen molar-refractivity contribution in [2.75, 3.05) is 5.32 Å². The summed E-state index contributed by atoms with van der Waals surface area (Å²) in [4.78, 5) is 0. The molecular formula is C16H25NO. The van der Waals surface area contributed by atoms with E-state index in [1.165, 1.54) is 31.4 Å². The molecule has 0 amide bonds. The lowest BCUT2D eigenvalue weighted by Gasteiger charge is -2.35. The minimum Gasteiger partial charge on any atom is -0.392 e. The third-order valence-corrected chi connectivity index (χ3v) is 4.16. The van der Waals surface area contributed by atoms with Crippen LogP contribution in [0.5, 0.6) is 0 Å². The lowest BCUT2D eigenvalue weighted by Crippen LogP contribution is -2.35. The second kappa shape index (κ2) is 6.24. The van der Waals surface area contributed by atoms with Gasteiger partial charge >= 0.3 is 0 Å². The van der Waals surface area contributed by atoms with E-state index < -0.39 is 0 Å². The van der Waals surface area contributed by atoms with Crippen molar-refractivity contribution in [2.24, 2.45) is 11.8 Å². The number of aliphatic hydroxyl groups is 1. The van der Waals surface area contributed by atoms with Gasteiger partial charge in [0.15, 0.2) is 0 Å². The maximum absolute atomic E-state index is 9.04. The molecule has 2 atom stereocenters. The molecule has 2 unspecified atom stereocenters. The van der Waals surface area contributed by atoms with Crippen LogP contribution in [-0.2, 0) is 6.61 Å². The van der Waals surface area contributed by atoms with E-state index >= 15 is 0 Å². The summed E-state index contributed by atoms with van der Waals surface area (Å²) in [5.74, 6) is 1.54. The molecule has 18 heavy (non-hydrogen) atoms. The van der Waals surface area contributed by atoms with E-state index in [0.29, 0.717) is 6.04 Å². The van der Waals surface area contributed by atoms with Crippen molar-refractivity contribution < 1.29 is 5.11 Å². The van der Waals surface area contributed by atoms with E-state index in [-0.39, 0.29) is 6.61 Å². The molecular weight excluding hydrogens is 222 g/mol. The van der Waals surface area contributed by atoms with Crippen LogP contribution in [0.1, 0.15) is 45.1 Å². The fraction of sp³-hybridized carbons (Fsp3) is 0.625. The van der Waals surface area contributed by atoms with Crippen LogP contribution in [-0.4, -0.2) is 11.1 Å². The largest absolute Gasteiger partial charge is 0.392 e. The zero-order valence-electron chi connectivity index (χ0n) is 11.5. The van der Waals surface area contributed by atoms with E-state index in [2.05, 4.69) is 31.3 Å². The summed E-state index contributed by atoms with van der Waals surface area (Å²) < 4.78 is 0. The molecule has 0 spiro atoms. The van der Waals surface area contributed by atoms with Gasteiger partial charge in [0.25, 0.3) is 0 Å². The van der Waals surface area contributed by atoms with Crippen LogP contribution in [0, 0.1) is 11.8 Å². The molecule has 1 aliphatic carbocycles. The van der Waals surface area contributed by atoms with Crippen molar-refractivity contribution in [3.05, 3.63) is 29.8 Å². The van der Waals surface area contributed by atoms with Gasteiger partial charge in [-0.1, -0.05) is 38.8 Å². The van der Waals surface area contributed by atoms with E-state index in [1.54, 1.807) is 0 Å². The second-order valence-electron chi connectivity index (χ2n) is 5.80. The average molecular weight is 247 g/mol. The molecule has 2 nitrogen and oxygen atoms in total. The van der Waals surface area contributed by atoms with Crippen molar-refractivity contribution in [1.82, 2.24) is 0 Å². The summed E-state index contributed by atoms with van der Waals surface area (Å²) in [5.41, 5.74) is 2.16. The number of benzene rings is 1.